The number of hydrogen-bond acceptors (Lipinski definition) is 2. The molecule has 0 bridgehead atoms. The first-order valence-electron chi connectivity index (χ1n) is 8.76. The van der Waals surface area contributed by atoms with E-state index in [0.717, 1.165) is 19.4 Å². The van der Waals surface area contributed by atoms with Gasteiger partial charge < -0.3 is 14.6 Å². The number of para-hydroxylation sites is 1. The molecule has 130 valence electrons. The summed E-state index contributed by atoms with van der Waals surface area (Å²) in [5.41, 5.74) is 3.26. The van der Waals surface area contributed by atoms with Crippen LogP contribution in [0.1, 0.15) is 52.3 Å². The summed E-state index contributed by atoms with van der Waals surface area (Å²) < 4.78 is 7.86. The van der Waals surface area contributed by atoms with Gasteiger partial charge in [0, 0.05) is 28.7 Å². The molecule has 2 heterocycles. The lowest BCUT2D eigenvalue weighted by Gasteiger charge is -2.29. The van der Waals surface area contributed by atoms with Crippen LogP contribution in [-0.4, -0.2) is 21.8 Å². The number of alkyl carbamates (subject to hydrolysis) is 1. The highest BCUT2D eigenvalue weighted by Crippen LogP contribution is 2.33. The fourth-order valence-corrected chi connectivity index (χ4v) is 3.64. The van der Waals surface area contributed by atoms with Gasteiger partial charge in [-0.25, -0.2) is 4.79 Å². The predicted molar refractivity (Wildman–Crippen MR) is 97.4 cm³/mol. The Morgan fingerprint density at radius 3 is 2.62 bits per heavy atom. The maximum Gasteiger partial charge on any atom is 0.408 e. The molecule has 0 fully saturated rings. The second-order valence-corrected chi connectivity index (χ2v) is 8.39. The average Bonchev–Trinajstić information content (AvgIpc) is 2.99. The van der Waals surface area contributed by atoms with Crippen LogP contribution in [0.15, 0.2) is 24.3 Å². The number of nitrogens with zero attached hydrogens (tertiary/aromatic N) is 1. The van der Waals surface area contributed by atoms with Crippen LogP contribution in [0, 0.1) is 0 Å². The first kappa shape index (κ1) is 16.9. The molecule has 2 aromatic rings. The van der Waals surface area contributed by atoms with Crippen LogP contribution in [-0.2, 0) is 24.1 Å². The average molecular weight is 328 g/mol. The number of aryl methyl sites for hydroxylation is 1. The number of nitrogens with one attached hydrogen (secondary N) is 1. The normalized spacial score (nSPS) is 14.7. The van der Waals surface area contributed by atoms with Gasteiger partial charge in [0.1, 0.15) is 5.60 Å². The van der Waals surface area contributed by atoms with Crippen LogP contribution < -0.4 is 5.32 Å². The fraction of sp³-hybridized carbons (Fsp3) is 0.550. The molecule has 24 heavy (non-hydrogen) atoms. The van der Waals surface area contributed by atoms with Crippen molar-refractivity contribution < 1.29 is 9.53 Å². The van der Waals surface area contributed by atoms with Crippen molar-refractivity contribution in [2.75, 3.05) is 0 Å². The van der Waals surface area contributed by atoms with Crippen LogP contribution >= 0.6 is 0 Å². The van der Waals surface area contributed by atoms with Crippen molar-refractivity contribution in [1.82, 2.24) is 9.88 Å². The standard InChI is InChI=1S/C20H28N2O2/c1-19(2,3)24-18(23)21-20(4,5)13-15-14-9-6-7-10-16(14)22-12-8-11-17(15)22/h6-7,9-10H,8,11-13H2,1-5H3,(H,21,23). The molecule has 0 radical (unpaired) electrons. The molecule has 1 N–H and O–H groups in total. The zero-order valence-corrected chi connectivity index (χ0v) is 15.4. The number of carbonyl (C=O) groups is 1. The van der Waals surface area contributed by atoms with E-state index in [1.807, 2.05) is 20.8 Å². The second-order valence-electron chi connectivity index (χ2n) is 8.39. The third-order valence-corrected chi connectivity index (χ3v) is 4.45. The lowest BCUT2D eigenvalue weighted by molar-refractivity contribution is 0.0472. The number of carbonyl (C=O) groups excluding carboxylic acids is 1. The Bertz CT molecular complexity index is 766. The highest BCUT2D eigenvalue weighted by atomic mass is 16.6. The molecule has 1 aliphatic heterocycles. The molecule has 0 unspecified atom stereocenters. The van der Waals surface area contributed by atoms with E-state index in [-0.39, 0.29) is 11.6 Å². The van der Waals surface area contributed by atoms with Crippen LogP contribution in [0.25, 0.3) is 10.9 Å². The first-order valence-corrected chi connectivity index (χ1v) is 8.76. The van der Waals surface area contributed by atoms with Gasteiger partial charge in [0.05, 0.1) is 0 Å². The van der Waals surface area contributed by atoms with Crippen LogP contribution in [0.5, 0.6) is 0 Å². The summed E-state index contributed by atoms with van der Waals surface area (Å²) in [6.07, 6.45) is 2.77. The lowest BCUT2D eigenvalue weighted by atomic mass is 9.92. The number of benzene rings is 1. The van der Waals surface area contributed by atoms with Crippen molar-refractivity contribution in [2.24, 2.45) is 0 Å². The minimum absolute atomic E-state index is 0.354. The topological polar surface area (TPSA) is 43.3 Å². The zero-order valence-electron chi connectivity index (χ0n) is 15.4. The van der Waals surface area contributed by atoms with Crippen LogP contribution in [0.3, 0.4) is 0 Å². The molecular formula is C20H28N2O2. The number of rotatable bonds is 3. The Morgan fingerprint density at radius 2 is 1.92 bits per heavy atom. The molecule has 0 spiro atoms. The van der Waals surface area contributed by atoms with Gasteiger partial charge in [-0.1, -0.05) is 18.2 Å². The Balaban J connectivity index is 1.85. The Labute approximate surface area is 144 Å². The molecule has 1 aromatic heterocycles. The molecule has 1 aromatic carbocycles. The van der Waals surface area contributed by atoms with Gasteiger partial charge >= 0.3 is 6.09 Å². The second kappa shape index (κ2) is 5.83. The van der Waals surface area contributed by atoms with E-state index >= 15 is 0 Å². The molecule has 4 heteroatoms. The Hall–Kier alpha value is -1.97. The van der Waals surface area contributed by atoms with Gasteiger partial charge in [-0.2, -0.15) is 0 Å². The summed E-state index contributed by atoms with van der Waals surface area (Å²) >= 11 is 0. The number of aromatic nitrogens is 1. The van der Waals surface area contributed by atoms with E-state index < -0.39 is 5.60 Å². The maximum absolute atomic E-state index is 12.2. The summed E-state index contributed by atoms with van der Waals surface area (Å²) in [6, 6.07) is 8.58. The third kappa shape index (κ3) is 3.42. The minimum Gasteiger partial charge on any atom is -0.444 e. The van der Waals surface area contributed by atoms with Gasteiger partial charge in [-0.05, 0) is 65.5 Å². The molecular weight excluding hydrogens is 300 g/mol. The minimum atomic E-state index is -0.482. The van der Waals surface area contributed by atoms with Crippen molar-refractivity contribution in [3.8, 4) is 0 Å². The van der Waals surface area contributed by atoms with Crippen LogP contribution in [0.4, 0.5) is 4.79 Å². The molecule has 0 atom stereocenters. The van der Waals surface area contributed by atoms with Gasteiger partial charge in [-0.3, -0.25) is 0 Å². The largest absolute Gasteiger partial charge is 0.444 e. The Morgan fingerprint density at radius 1 is 1.21 bits per heavy atom. The molecule has 0 aliphatic carbocycles. The summed E-state index contributed by atoms with van der Waals surface area (Å²) in [7, 11) is 0. The number of fused-ring (bicyclic) bond motifs is 3. The number of hydrogen-bond donors (Lipinski definition) is 1. The van der Waals surface area contributed by atoms with Gasteiger partial charge in [0.2, 0.25) is 0 Å². The van der Waals surface area contributed by atoms with Gasteiger partial charge in [0.25, 0.3) is 0 Å². The highest BCUT2D eigenvalue weighted by molar-refractivity contribution is 5.86. The number of ether oxygens (including phenoxy) is 1. The highest BCUT2D eigenvalue weighted by Gasteiger charge is 2.29. The summed E-state index contributed by atoms with van der Waals surface area (Å²) in [4.78, 5) is 12.2. The van der Waals surface area contributed by atoms with E-state index in [2.05, 4.69) is 48.0 Å². The van der Waals surface area contributed by atoms with Gasteiger partial charge in [0.15, 0.2) is 0 Å². The molecule has 3 rings (SSSR count). The first-order chi connectivity index (χ1) is 11.2. The Kier molecular flexibility index (Phi) is 4.10. The quantitative estimate of drug-likeness (QED) is 0.905. The smallest absolute Gasteiger partial charge is 0.408 e. The lowest BCUT2D eigenvalue weighted by Crippen LogP contribution is -2.47. The van der Waals surface area contributed by atoms with E-state index in [1.165, 1.54) is 28.6 Å². The summed E-state index contributed by atoms with van der Waals surface area (Å²) in [5.74, 6) is 0. The molecule has 0 saturated heterocycles. The van der Waals surface area contributed by atoms with Crippen molar-refractivity contribution in [3.63, 3.8) is 0 Å². The van der Waals surface area contributed by atoms with E-state index in [0.29, 0.717) is 0 Å². The molecule has 1 aliphatic rings. The molecule has 4 nitrogen and oxygen atoms in total. The molecule has 1 amide bonds. The monoisotopic (exact) mass is 328 g/mol. The number of amides is 1. The zero-order chi connectivity index (χ0) is 17.5. The van der Waals surface area contributed by atoms with E-state index in [4.69, 9.17) is 4.74 Å². The van der Waals surface area contributed by atoms with Gasteiger partial charge in [-0.15, -0.1) is 0 Å². The van der Waals surface area contributed by atoms with Crippen molar-refractivity contribution in [3.05, 3.63) is 35.5 Å². The summed E-state index contributed by atoms with van der Waals surface area (Å²) in [6.45, 7) is 10.9. The maximum atomic E-state index is 12.2. The fourth-order valence-electron chi connectivity index (χ4n) is 3.64. The van der Waals surface area contributed by atoms with Crippen molar-refractivity contribution >= 4 is 17.0 Å². The summed E-state index contributed by atoms with van der Waals surface area (Å²) in [5, 5.41) is 4.35. The molecule has 0 saturated carbocycles. The van der Waals surface area contributed by atoms with Crippen molar-refractivity contribution in [2.45, 2.75) is 71.6 Å². The predicted octanol–water partition coefficient (Wildman–Crippen LogP) is 4.43. The van der Waals surface area contributed by atoms with Crippen LogP contribution in [0.2, 0.25) is 0 Å². The third-order valence-electron chi connectivity index (χ3n) is 4.45. The van der Waals surface area contributed by atoms with E-state index in [1.54, 1.807) is 0 Å². The SMILES string of the molecule is CC(C)(Cc1c2n(c3ccccc13)CCC2)NC(=O)OC(C)(C)C. The van der Waals surface area contributed by atoms with Crippen molar-refractivity contribution in [1.29, 1.82) is 0 Å². The van der Waals surface area contributed by atoms with E-state index in [9.17, 15) is 4.79 Å².